The highest BCUT2D eigenvalue weighted by Crippen LogP contribution is 2.51. The summed E-state index contributed by atoms with van der Waals surface area (Å²) < 4.78 is 5.01. The molecule has 2 aliphatic rings. The number of benzene rings is 2. The molecule has 0 saturated carbocycles. The zero-order chi connectivity index (χ0) is 17.4. The van der Waals surface area contributed by atoms with Gasteiger partial charge in [-0.25, -0.2) is 4.79 Å². The van der Waals surface area contributed by atoms with Gasteiger partial charge in [-0.1, -0.05) is 60.7 Å². The van der Waals surface area contributed by atoms with Crippen molar-refractivity contribution in [2.75, 3.05) is 13.2 Å². The topological polar surface area (TPSA) is 72.7 Å². The predicted octanol–water partition coefficient (Wildman–Crippen LogP) is 3.29. The third-order valence-corrected chi connectivity index (χ3v) is 4.71. The first-order valence-corrected chi connectivity index (χ1v) is 8.10. The maximum absolute atomic E-state index is 12.0. The molecule has 0 N–H and O–H groups in total. The van der Waals surface area contributed by atoms with Gasteiger partial charge in [0.2, 0.25) is 0 Å². The van der Waals surface area contributed by atoms with E-state index in [0.29, 0.717) is 12.2 Å². The SMILES string of the molecule is O=C1OCCN1C1=C(c2ccccc2)[C@@H](c2ccccc2)[C@@H]1[N+](=O)[O-]. The molecule has 0 spiro atoms. The van der Waals surface area contributed by atoms with Crippen LogP contribution in [0.5, 0.6) is 0 Å². The molecule has 0 bridgehead atoms. The number of amides is 1. The first-order valence-electron chi connectivity index (χ1n) is 8.10. The maximum atomic E-state index is 12.0. The summed E-state index contributed by atoms with van der Waals surface area (Å²) in [7, 11) is 0. The normalized spacial score (nSPS) is 22.6. The van der Waals surface area contributed by atoms with Crippen molar-refractivity contribution in [1.82, 2.24) is 4.90 Å². The molecule has 2 atom stereocenters. The number of carbonyl (C=O) groups excluding carboxylic acids is 1. The van der Waals surface area contributed by atoms with Crippen molar-refractivity contribution >= 4 is 11.7 Å². The van der Waals surface area contributed by atoms with Crippen LogP contribution in [0.25, 0.3) is 5.57 Å². The minimum absolute atomic E-state index is 0.255. The van der Waals surface area contributed by atoms with E-state index in [9.17, 15) is 14.9 Å². The predicted molar refractivity (Wildman–Crippen MR) is 91.4 cm³/mol. The second-order valence-corrected chi connectivity index (χ2v) is 6.05. The summed E-state index contributed by atoms with van der Waals surface area (Å²) in [5.74, 6) is -0.387. The Hall–Kier alpha value is -3.15. The van der Waals surface area contributed by atoms with Crippen LogP contribution >= 0.6 is 0 Å². The lowest BCUT2D eigenvalue weighted by molar-refractivity contribution is -0.520. The van der Waals surface area contributed by atoms with E-state index in [1.54, 1.807) is 0 Å². The molecule has 6 heteroatoms. The molecule has 1 fully saturated rings. The average Bonchev–Trinajstić information content (AvgIpc) is 3.01. The maximum Gasteiger partial charge on any atom is 0.414 e. The average molecular weight is 336 g/mol. The Bertz CT molecular complexity index is 848. The molecule has 0 unspecified atom stereocenters. The van der Waals surface area contributed by atoms with Crippen molar-refractivity contribution in [3.8, 4) is 0 Å². The number of nitrogens with zero attached hydrogens (tertiary/aromatic N) is 2. The Balaban J connectivity index is 1.90. The van der Waals surface area contributed by atoms with E-state index >= 15 is 0 Å². The van der Waals surface area contributed by atoms with Crippen LogP contribution in [0.3, 0.4) is 0 Å². The lowest BCUT2D eigenvalue weighted by Crippen LogP contribution is -2.47. The Morgan fingerprint density at radius 2 is 1.68 bits per heavy atom. The van der Waals surface area contributed by atoms with Gasteiger partial charge in [0, 0.05) is 10.5 Å². The van der Waals surface area contributed by atoms with Gasteiger partial charge >= 0.3 is 6.09 Å². The second kappa shape index (κ2) is 6.05. The fourth-order valence-electron chi connectivity index (χ4n) is 3.63. The molecule has 1 amide bonds. The Kier molecular flexibility index (Phi) is 3.72. The molecule has 4 rings (SSSR count). The molecular formula is C19H16N2O4. The van der Waals surface area contributed by atoms with Crippen LogP contribution in [0.1, 0.15) is 17.0 Å². The van der Waals surface area contributed by atoms with Crippen LogP contribution in [0.2, 0.25) is 0 Å². The highest BCUT2D eigenvalue weighted by molar-refractivity contribution is 5.86. The van der Waals surface area contributed by atoms with E-state index in [2.05, 4.69) is 0 Å². The van der Waals surface area contributed by atoms with Gasteiger partial charge in [0.05, 0.1) is 12.5 Å². The first-order chi connectivity index (χ1) is 12.2. The van der Waals surface area contributed by atoms with E-state index in [4.69, 9.17) is 4.74 Å². The smallest absolute Gasteiger partial charge is 0.414 e. The second-order valence-electron chi connectivity index (χ2n) is 6.05. The van der Waals surface area contributed by atoms with Crippen LogP contribution in [-0.4, -0.2) is 35.1 Å². The van der Waals surface area contributed by atoms with Gasteiger partial charge in [-0.15, -0.1) is 0 Å². The van der Waals surface area contributed by atoms with Crippen molar-refractivity contribution in [3.63, 3.8) is 0 Å². The molecule has 2 aromatic rings. The van der Waals surface area contributed by atoms with Crippen molar-refractivity contribution < 1.29 is 14.5 Å². The monoisotopic (exact) mass is 336 g/mol. The molecule has 0 radical (unpaired) electrons. The zero-order valence-corrected chi connectivity index (χ0v) is 13.4. The fourth-order valence-corrected chi connectivity index (χ4v) is 3.63. The highest BCUT2D eigenvalue weighted by Gasteiger charge is 2.54. The number of ether oxygens (including phenoxy) is 1. The molecule has 1 aliphatic carbocycles. The molecule has 6 nitrogen and oxygen atoms in total. The number of carbonyl (C=O) groups is 1. The third kappa shape index (κ3) is 2.46. The summed E-state index contributed by atoms with van der Waals surface area (Å²) in [4.78, 5) is 25.0. The largest absolute Gasteiger partial charge is 0.447 e. The fraction of sp³-hybridized carbons (Fsp3) is 0.211. The molecule has 2 aromatic carbocycles. The van der Waals surface area contributed by atoms with Crippen LogP contribution < -0.4 is 0 Å². The van der Waals surface area contributed by atoms with Gasteiger partial charge in [-0.05, 0) is 11.1 Å². The van der Waals surface area contributed by atoms with Crippen molar-refractivity contribution in [2.24, 2.45) is 0 Å². The number of rotatable bonds is 4. The Morgan fingerprint density at radius 3 is 2.24 bits per heavy atom. The summed E-state index contributed by atoms with van der Waals surface area (Å²) in [6.45, 7) is 0.598. The van der Waals surface area contributed by atoms with E-state index in [1.165, 1.54) is 4.90 Å². The van der Waals surface area contributed by atoms with Crippen molar-refractivity contribution in [1.29, 1.82) is 0 Å². The Labute approximate surface area is 144 Å². The summed E-state index contributed by atoms with van der Waals surface area (Å²) in [6.07, 6.45) is -0.512. The number of hydrogen-bond acceptors (Lipinski definition) is 4. The molecule has 126 valence electrons. The van der Waals surface area contributed by atoms with Gasteiger partial charge < -0.3 is 4.74 Å². The summed E-state index contributed by atoms with van der Waals surface area (Å²) in [6, 6.07) is 18.0. The third-order valence-electron chi connectivity index (χ3n) is 4.71. The van der Waals surface area contributed by atoms with Crippen LogP contribution in [0.15, 0.2) is 66.4 Å². The molecule has 1 saturated heterocycles. The van der Waals surface area contributed by atoms with Gasteiger partial charge in [0.15, 0.2) is 0 Å². The van der Waals surface area contributed by atoms with Crippen molar-refractivity contribution in [3.05, 3.63) is 87.6 Å². The quantitative estimate of drug-likeness (QED) is 0.634. The van der Waals surface area contributed by atoms with Crippen LogP contribution in [-0.2, 0) is 4.74 Å². The lowest BCUT2D eigenvalue weighted by Gasteiger charge is -2.39. The van der Waals surface area contributed by atoms with Gasteiger partial charge in [0.25, 0.3) is 6.04 Å². The molecule has 1 heterocycles. The molecular weight excluding hydrogens is 320 g/mol. The minimum atomic E-state index is -0.955. The number of nitro groups is 1. The molecule has 25 heavy (non-hydrogen) atoms. The molecule has 1 aliphatic heterocycles. The van der Waals surface area contributed by atoms with Gasteiger partial charge in [-0.2, -0.15) is 0 Å². The standard InChI is InChI=1S/C19H16N2O4/c22-19-20(11-12-25-19)17-15(13-7-3-1-4-8-13)16(18(17)21(23)24)14-9-5-2-6-10-14/h1-10,16,18H,11-12H2/t16-,18+/m1/s1. The first kappa shape index (κ1) is 15.4. The van der Waals surface area contributed by atoms with E-state index in [1.807, 2.05) is 60.7 Å². The van der Waals surface area contributed by atoms with Gasteiger partial charge in [0.1, 0.15) is 12.3 Å². The van der Waals surface area contributed by atoms with Gasteiger partial charge in [-0.3, -0.25) is 15.0 Å². The van der Waals surface area contributed by atoms with Crippen LogP contribution in [0.4, 0.5) is 4.79 Å². The lowest BCUT2D eigenvalue weighted by atomic mass is 9.69. The van der Waals surface area contributed by atoms with E-state index < -0.39 is 12.1 Å². The molecule has 0 aromatic heterocycles. The summed E-state index contributed by atoms with van der Waals surface area (Å²) in [5, 5.41) is 11.8. The summed E-state index contributed by atoms with van der Waals surface area (Å²) >= 11 is 0. The zero-order valence-electron chi connectivity index (χ0n) is 13.4. The van der Waals surface area contributed by atoms with E-state index in [-0.39, 0.29) is 17.4 Å². The minimum Gasteiger partial charge on any atom is -0.447 e. The van der Waals surface area contributed by atoms with E-state index in [0.717, 1.165) is 16.7 Å². The van der Waals surface area contributed by atoms with Crippen molar-refractivity contribution in [2.45, 2.75) is 12.0 Å². The Morgan fingerprint density at radius 1 is 1.04 bits per heavy atom. The van der Waals surface area contributed by atoms with Crippen LogP contribution in [0, 0.1) is 10.1 Å². The number of hydrogen-bond donors (Lipinski definition) is 0. The number of cyclic esters (lactones) is 1. The summed E-state index contributed by atoms with van der Waals surface area (Å²) in [5.41, 5.74) is 3.04. The highest BCUT2D eigenvalue weighted by atomic mass is 16.6.